The molecule has 1 aliphatic carbocycles. The van der Waals surface area contributed by atoms with Crippen molar-refractivity contribution in [1.82, 2.24) is 0 Å². The summed E-state index contributed by atoms with van der Waals surface area (Å²) in [5, 5.41) is -0.842. The maximum Gasteiger partial charge on any atom is 0.406 e. The van der Waals surface area contributed by atoms with Crippen LogP contribution in [0.4, 0.5) is 4.39 Å². The highest BCUT2D eigenvalue weighted by Crippen LogP contribution is 2.37. The van der Waals surface area contributed by atoms with E-state index in [1.165, 1.54) is 12.1 Å². The topological polar surface area (TPSA) is 108 Å². The molecule has 0 bridgehead atoms. The summed E-state index contributed by atoms with van der Waals surface area (Å²) in [6, 6.07) is 4.65. The lowest BCUT2D eigenvalue weighted by Crippen LogP contribution is -2.48. The molecule has 1 fully saturated rings. The van der Waals surface area contributed by atoms with E-state index in [0.717, 1.165) is 18.6 Å². The molecule has 1 atom stereocenters. The van der Waals surface area contributed by atoms with Crippen molar-refractivity contribution in [2.24, 2.45) is 0 Å². The molecule has 0 spiro atoms. The first-order valence-electron chi connectivity index (χ1n) is 6.69. The van der Waals surface area contributed by atoms with Crippen LogP contribution in [-0.4, -0.2) is 31.8 Å². The van der Waals surface area contributed by atoms with Crippen LogP contribution in [0.15, 0.2) is 29.2 Å². The fourth-order valence-corrected chi connectivity index (χ4v) is 5.71. The smallest absolute Gasteiger partial charge is 0.360 e. The molecule has 1 N–H and O–H groups in total. The van der Waals surface area contributed by atoms with Gasteiger partial charge in [0.05, 0.1) is 0 Å². The second-order valence-corrected chi connectivity index (χ2v) is 8.26. The van der Waals surface area contributed by atoms with Gasteiger partial charge in [-0.1, -0.05) is 31.4 Å². The first-order chi connectivity index (χ1) is 10.4. The number of nitrogens with zero attached hydrogens (tertiary/aromatic N) is 2. The largest absolute Gasteiger partial charge is 0.406 e. The third-order valence-electron chi connectivity index (χ3n) is 3.86. The molecule has 0 saturated heterocycles. The molecule has 1 saturated carbocycles. The monoisotopic (exact) mass is 346 g/mol. The summed E-state index contributed by atoms with van der Waals surface area (Å²) in [5.74, 6) is -1.00. The number of benzene rings is 1. The van der Waals surface area contributed by atoms with E-state index in [9.17, 15) is 27.1 Å². The minimum atomic E-state index is -4.51. The van der Waals surface area contributed by atoms with Gasteiger partial charge in [0.1, 0.15) is 10.7 Å². The molecular weight excluding hydrogens is 331 g/mol. The summed E-state index contributed by atoms with van der Waals surface area (Å²) >= 11 is -2.56. The van der Waals surface area contributed by atoms with Crippen LogP contribution >= 0.6 is 0 Å². The Morgan fingerprint density at radius 1 is 1.27 bits per heavy atom. The normalized spacial score (nSPS) is 19.2. The predicted molar refractivity (Wildman–Crippen MR) is 78.8 cm³/mol. The van der Waals surface area contributed by atoms with Gasteiger partial charge in [0.25, 0.3) is 9.84 Å². The van der Waals surface area contributed by atoms with Crippen LogP contribution in [0.5, 0.6) is 0 Å². The molecule has 6 nitrogen and oxygen atoms in total. The summed E-state index contributed by atoms with van der Waals surface area (Å²) in [7, 11) is -4.51. The van der Waals surface area contributed by atoms with Crippen molar-refractivity contribution >= 4 is 26.0 Å². The molecule has 0 aliphatic heterocycles. The average molecular weight is 346 g/mol. The highest BCUT2D eigenvalue weighted by Gasteiger charge is 2.56. The molecule has 1 aromatic rings. The summed E-state index contributed by atoms with van der Waals surface area (Å²) in [5.41, 5.74) is 9.22. The Kier molecular flexibility index (Phi) is 4.91. The van der Waals surface area contributed by atoms with Crippen molar-refractivity contribution in [3.05, 3.63) is 35.6 Å². The SMILES string of the molecule is [N-]=[N+]=C(C1(S(=O)O)CCCCC1)S(=O)(=O)c1ccccc1F. The number of hydrogen-bond donors (Lipinski definition) is 1. The highest BCUT2D eigenvalue weighted by molar-refractivity contribution is 8.08. The van der Waals surface area contributed by atoms with Crippen molar-refractivity contribution in [3.8, 4) is 0 Å². The van der Waals surface area contributed by atoms with Gasteiger partial charge in [0, 0.05) is 0 Å². The van der Waals surface area contributed by atoms with Crippen molar-refractivity contribution in [2.75, 3.05) is 0 Å². The summed E-state index contributed by atoms with van der Waals surface area (Å²) < 4.78 is 58.8. The van der Waals surface area contributed by atoms with Crippen LogP contribution in [0.1, 0.15) is 32.1 Å². The zero-order chi connectivity index (χ0) is 16.4. The Labute approximate surface area is 130 Å². The quantitative estimate of drug-likeness (QED) is 0.297. The Hall–Kier alpha value is -1.41. The fraction of sp³-hybridized carbons (Fsp3) is 0.462. The van der Waals surface area contributed by atoms with Gasteiger partial charge < -0.3 is 10.1 Å². The molecule has 120 valence electrons. The van der Waals surface area contributed by atoms with E-state index >= 15 is 0 Å². The molecule has 22 heavy (non-hydrogen) atoms. The van der Waals surface area contributed by atoms with Gasteiger partial charge >= 0.3 is 5.04 Å². The first kappa shape index (κ1) is 17.0. The molecule has 1 unspecified atom stereocenters. The van der Waals surface area contributed by atoms with E-state index in [-0.39, 0.29) is 12.8 Å². The Bertz CT molecular complexity index is 751. The first-order valence-corrected chi connectivity index (χ1v) is 9.28. The number of hydrogen-bond acceptors (Lipinski definition) is 3. The predicted octanol–water partition coefficient (Wildman–Crippen LogP) is 2.15. The Balaban J connectivity index is 2.63. The van der Waals surface area contributed by atoms with Crippen molar-refractivity contribution in [3.63, 3.8) is 0 Å². The minimum absolute atomic E-state index is 0.0865. The van der Waals surface area contributed by atoms with Gasteiger partial charge in [-0.25, -0.2) is 17.0 Å². The number of sulfone groups is 1. The summed E-state index contributed by atoms with van der Waals surface area (Å²) in [4.78, 5) is 2.13. The maximum atomic E-state index is 13.8. The van der Waals surface area contributed by atoms with E-state index in [2.05, 4.69) is 4.79 Å². The summed E-state index contributed by atoms with van der Waals surface area (Å²) in [6.45, 7) is 0. The maximum absolute atomic E-state index is 13.8. The number of rotatable bonds is 3. The van der Waals surface area contributed by atoms with Crippen LogP contribution in [-0.2, 0) is 20.9 Å². The lowest BCUT2D eigenvalue weighted by Gasteiger charge is -2.29. The van der Waals surface area contributed by atoms with E-state index < -0.39 is 41.4 Å². The summed E-state index contributed by atoms with van der Waals surface area (Å²) in [6.07, 6.45) is 2.01. The molecule has 0 radical (unpaired) electrons. The van der Waals surface area contributed by atoms with Crippen LogP contribution in [0.2, 0.25) is 0 Å². The van der Waals surface area contributed by atoms with Gasteiger partial charge in [-0.15, -0.1) is 0 Å². The van der Waals surface area contributed by atoms with Crippen molar-refractivity contribution in [2.45, 2.75) is 41.7 Å². The fourth-order valence-electron chi connectivity index (χ4n) is 2.74. The standard InChI is InChI=1S/C13H15FN2O4S2/c14-10-6-2-3-7-11(10)22(19,20)12(16-15)13(21(17)18)8-4-1-5-9-13/h2-3,6-7H,1,4-5,8-9H2,(H,17,18). The van der Waals surface area contributed by atoms with Gasteiger partial charge in [-0.05, 0) is 25.0 Å². The second-order valence-electron chi connectivity index (χ2n) is 5.14. The molecule has 9 heteroatoms. The Morgan fingerprint density at radius 2 is 1.86 bits per heavy atom. The second kappa shape index (κ2) is 6.37. The third kappa shape index (κ3) is 2.77. The molecule has 1 aliphatic rings. The van der Waals surface area contributed by atoms with E-state index in [1.54, 1.807) is 0 Å². The van der Waals surface area contributed by atoms with Crippen LogP contribution in [0, 0.1) is 5.82 Å². The average Bonchev–Trinajstić information content (AvgIpc) is 2.48. The zero-order valence-electron chi connectivity index (χ0n) is 11.6. The molecule has 0 heterocycles. The van der Waals surface area contributed by atoms with E-state index in [1.807, 2.05) is 0 Å². The molecule has 2 rings (SSSR count). The van der Waals surface area contributed by atoms with Gasteiger partial charge in [-0.2, -0.15) is 4.79 Å². The minimum Gasteiger partial charge on any atom is -0.360 e. The number of halogens is 1. The van der Waals surface area contributed by atoms with Gasteiger partial charge in [0.15, 0.2) is 15.8 Å². The van der Waals surface area contributed by atoms with Crippen molar-refractivity contribution < 1.29 is 26.4 Å². The van der Waals surface area contributed by atoms with Crippen LogP contribution in [0.25, 0.3) is 5.53 Å². The molecule has 0 amide bonds. The van der Waals surface area contributed by atoms with Crippen molar-refractivity contribution in [1.29, 1.82) is 0 Å². The lowest BCUT2D eigenvalue weighted by molar-refractivity contribution is -0.00759. The van der Waals surface area contributed by atoms with Crippen LogP contribution < -0.4 is 0 Å². The lowest BCUT2D eigenvalue weighted by atomic mass is 9.89. The van der Waals surface area contributed by atoms with E-state index in [4.69, 9.17) is 0 Å². The third-order valence-corrected chi connectivity index (χ3v) is 7.15. The molecule has 0 aromatic heterocycles. The Morgan fingerprint density at radius 3 is 2.36 bits per heavy atom. The van der Waals surface area contributed by atoms with Gasteiger partial charge in [-0.3, -0.25) is 0 Å². The van der Waals surface area contributed by atoms with Crippen LogP contribution in [0.3, 0.4) is 0 Å². The molecule has 1 aromatic carbocycles. The van der Waals surface area contributed by atoms with Gasteiger partial charge in [0.2, 0.25) is 0 Å². The molecular formula is C13H15FN2O4S2. The highest BCUT2D eigenvalue weighted by atomic mass is 32.2. The zero-order valence-corrected chi connectivity index (χ0v) is 13.2. The van der Waals surface area contributed by atoms with E-state index in [0.29, 0.717) is 12.8 Å².